The second-order valence-corrected chi connectivity index (χ2v) is 14.1. The highest BCUT2D eigenvalue weighted by Crippen LogP contribution is 2.46. The molecule has 11 rings (SSSR count). The smallest absolute Gasteiger partial charge is 0.0702 e. The Morgan fingerprint density at radius 1 is 0.241 bits per heavy atom. The molecule has 0 N–H and O–H groups in total. The van der Waals surface area contributed by atoms with Gasteiger partial charge in [0.15, 0.2) is 0 Å². The molecule has 0 bridgehead atoms. The molecular formula is C52H32N2. The van der Waals surface area contributed by atoms with Crippen LogP contribution in [0.1, 0.15) is 0 Å². The van der Waals surface area contributed by atoms with Gasteiger partial charge in [0.2, 0.25) is 0 Å². The van der Waals surface area contributed by atoms with Gasteiger partial charge in [-0.25, -0.2) is 0 Å². The number of hydrogen-bond acceptors (Lipinski definition) is 2. The van der Waals surface area contributed by atoms with Gasteiger partial charge in [-0.05, 0) is 101 Å². The molecule has 0 fully saturated rings. The summed E-state index contributed by atoms with van der Waals surface area (Å²) in [5.41, 5.74) is 11.6. The normalized spacial score (nSPS) is 11.7. The Labute approximate surface area is 312 Å². The summed E-state index contributed by atoms with van der Waals surface area (Å²) < 4.78 is 0. The van der Waals surface area contributed by atoms with E-state index in [0.717, 1.165) is 32.9 Å². The van der Waals surface area contributed by atoms with Crippen molar-refractivity contribution in [2.45, 2.75) is 0 Å². The minimum atomic E-state index is 1.01. The van der Waals surface area contributed by atoms with Gasteiger partial charge in [0.25, 0.3) is 0 Å². The summed E-state index contributed by atoms with van der Waals surface area (Å²) in [6, 6.07) is 65.8. The zero-order valence-corrected chi connectivity index (χ0v) is 29.4. The Kier molecular flexibility index (Phi) is 6.90. The Hall–Kier alpha value is -7.16. The van der Waals surface area contributed by atoms with Crippen LogP contribution in [0, 0.1) is 0 Å². The standard InChI is InChI=1S/C52H32N2/c1-11-23-47-35(13-1)29-37(31-53-47)51-43-19-7-3-15-39(43)49(40-16-4-8-20-44(40)51)33-25-27-34(28-26-33)50-41-17-5-9-21-45(41)52(46-22-10-6-18-42(46)50)38-30-36-14-2-12-24-48(36)54-32-38/h1-32H. The number of benzene rings is 9. The van der Waals surface area contributed by atoms with Gasteiger partial charge in [-0.2, -0.15) is 0 Å². The lowest BCUT2D eigenvalue weighted by Crippen LogP contribution is -1.93. The van der Waals surface area contributed by atoms with Crippen molar-refractivity contribution < 1.29 is 0 Å². The molecule has 2 nitrogen and oxygen atoms in total. The van der Waals surface area contributed by atoms with Crippen LogP contribution in [0.2, 0.25) is 0 Å². The second-order valence-electron chi connectivity index (χ2n) is 14.1. The Bertz CT molecular complexity index is 2930. The van der Waals surface area contributed by atoms with Crippen molar-refractivity contribution in [2.75, 3.05) is 0 Å². The van der Waals surface area contributed by atoms with Crippen molar-refractivity contribution in [3.8, 4) is 44.5 Å². The van der Waals surface area contributed by atoms with E-state index in [2.05, 4.69) is 170 Å². The van der Waals surface area contributed by atoms with Crippen LogP contribution in [-0.4, -0.2) is 9.97 Å². The summed E-state index contributed by atoms with van der Waals surface area (Å²) in [5, 5.41) is 12.1. The highest BCUT2D eigenvalue weighted by Gasteiger charge is 2.19. The number of fused-ring (bicyclic) bond motifs is 6. The monoisotopic (exact) mass is 684 g/mol. The molecule has 0 saturated heterocycles. The molecule has 2 heteroatoms. The van der Waals surface area contributed by atoms with E-state index in [9.17, 15) is 0 Å². The summed E-state index contributed by atoms with van der Waals surface area (Å²) in [6.45, 7) is 0. The van der Waals surface area contributed by atoms with Crippen LogP contribution in [-0.2, 0) is 0 Å². The largest absolute Gasteiger partial charge is 0.256 e. The molecule has 0 spiro atoms. The zero-order chi connectivity index (χ0) is 35.6. The van der Waals surface area contributed by atoms with Crippen molar-refractivity contribution in [3.05, 3.63) is 194 Å². The van der Waals surface area contributed by atoms with Gasteiger partial charge < -0.3 is 0 Å². The van der Waals surface area contributed by atoms with Crippen molar-refractivity contribution in [3.63, 3.8) is 0 Å². The summed E-state index contributed by atoms with van der Waals surface area (Å²) in [5.74, 6) is 0. The molecule has 0 amide bonds. The Morgan fingerprint density at radius 2 is 0.500 bits per heavy atom. The van der Waals surface area contributed by atoms with Gasteiger partial charge in [-0.15, -0.1) is 0 Å². The van der Waals surface area contributed by atoms with E-state index < -0.39 is 0 Å². The fraction of sp³-hybridized carbons (Fsp3) is 0. The molecule has 2 heterocycles. The first-order valence-corrected chi connectivity index (χ1v) is 18.5. The van der Waals surface area contributed by atoms with Crippen molar-refractivity contribution in [2.24, 2.45) is 0 Å². The SMILES string of the molecule is c1ccc2ncc(-c3c4ccccc4c(-c4ccc(-c5c6ccccc6c(-c6cnc7ccccc7c6)c6ccccc56)cc4)c4ccccc34)cc2c1. The van der Waals surface area contributed by atoms with Crippen LogP contribution < -0.4 is 0 Å². The molecule has 0 aliphatic carbocycles. The molecule has 2 aromatic heterocycles. The van der Waals surface area contributed by atoms with Crippen LogP contribution >= 0.6 is 0 Å². The lowest BCUT2D eigenvalue weighted by molar-refractivity contribution is 1.41. The summed E-state index contributed by atoms with van der Waals surface area (Å²) in [6.07, 6.45) is 4.06. The average molecular weight is 685 g/mol. The van der Waals surface area contributed by atoms with Gasteiger partial charge in [-0.3, -0.25) is 9.97 Å². The van der Waals surface area contributed by atoms with Gasteiger partial charge >= 0.3 is 0 Å². The zero-order valence-electron chi connectivity index (χ0n) is 29.4. The Balaban J connectivity index is 1.11. The van der Waals surface area contributed by atoms with Crippen LogP contribution in [0.25, 0.3) is 109 Å². The van der Waals surface area contributed by atoms with Crippen molar-refractivity contribution >= 4 is 64.9 Å². The van der Waals surface area contributed by atoms with Crippen LogP contribution in [0.4, 0.5) is 0 Å². The lowest BCUT2D eigenvalue weighted by atomic mass is 9.84. The highest BCUT2D eigenvalue weighted by molar-refractivity contribution is 6.23. The van der Waals surface area contributed by atoms with Gasteiger partial charge in [0, 0.05) is 34.3 Å². The van der Waals surface area contributed by atoms with Gasteiger partial charge in [0.1, 0.15) is 0 Å². The third-order valence-corrected chi connectivity index (χ3v) is 11.1. The summed E-state index contributed by atoms with van der Waals surface area (Å²) in [4.78, 5) is 9.73. The lowest BCUT2D eigenvalue weighted by Gasteiger charge is -2.19. The van der Waals surface area contributed by atoms with E-state index in [1.54, 1.807) is 0 Å². The maximum absolute atomic E-state index is 4.86. The van der Waals surface area contributed by atoms with E-state index in [1.807, 2.05) is 24.5 Å². The molecule has 0 radical (unpaired) electrons. The first-order valence-electron chi connectivity index (χ1n) is 18.5. The topological polar surface area (TPSA) is 25.8 Å². The average Bonchev–Trinajstić information content (AvgIpc) is 3.24. The fourth-order valence-electron chi connectivity index (χ4n) is 8.72. The highest BCUT2D eigenvalue weighted by atomic mass is 14.7. The number of rotatable bonds is 4. The molecule has 0 aliphatic rings. The number of nitrogens with zero attached hydrogens (tertiary/aromatic N) is 2. The molecule has 0 aliphatic heterocycles. The minimum Gasteiger partial charge on any atom is -0.256 e. The van der Waals surface area contributed by atoms with E-state index in [4.69, 9.17) is 9.97 Å². The predicted molar refractivity (Wildman–Crippen MR) is 229 cm³/mol. The maximum atomic E-state index is 4.86. The maximum Gasteiger partial charge on any atom is 0.0702 e. The molecule has 0 saturated carbocycles. The molecule has 0 atom stereocenters. The third-order valence-electron chi connectivity index (χ3n) is 11.1. The second kappa shape index (κ2) is 12.2. The molecule has 250 valence electrons. The molecule has 54 heavy (non-hydrogen) atoms. The van der Waals surface area contributed by atoms with Crippen LogP contribution in [0.5, 0.6) is 0 Å². The van der Waals surface area contributed by atoms with E-state index in [0.29, 0.717) is 0 Å². The summed E-state index contributed by atoms with van der Waals surface area (Å²) >= 11 is 0. The van der Waals surface area contributed by atoms with Gasteiger partial charge in [0.05, 0.1) is 11.0 Å². The molecule has 9 aromatic carbocycles. The first-order chi connectivity index (χ1) is 26.8. The third kappa shape index (κ3) is 4.74. The quantitative estimate of drug-likeness (QED) is 0.172. The number of pyridine rings is 2. The molecular weight excluding hydrogens is 653 g/mol. The fourth-order valence-corrected chi connectivity index (χ4v) is 8.72. The minimum absolute atomic E-state index is 1.01. The number of hydrogen-bond donors (Lipinski definition) is 0. The Morgan fingerprint density at radius 3 is 0.815 bits per heavy atom. The van der Waals surface area contributed by atoms with Gasteiger partial charge in [-0.1, -0.05) is 158 Å². The van der Waals surface area contributed by atoms with Crippen LogP contribution in [0.15, 0.2) is 194 Å². The molecule has 11 aromatic rings. The molecule has 0 unspecified atom stereocenters. The number of para-hydroxylation sites is 2. The van der Waals surface area contributed by atoms with Crippen molar-refractivity contribution in [1.29, 1.82) is 0 Å². The predicted octanol–water partition coefficient (Wildman–Crippen LogP) is 14.1. The van der Waals surface area contributed by atoms with E-state index in [-0.39, 0.29) is 0 Å². The van der Waals surface area contributed by atoms with Crippen LogP contribution in [0.3, 0.4) is 0 Å². The van der Waals surface area contributed by atoms with Crippen molar-refractivity contribution in [1.82, 2.24) is 9.97 Å². The van der Waals surface area contributed by atoms with E-state index in [1.165, 1.54) is 76.5 Å². The first kappa shape index (κ1) is 30.5. The summed E-state index contributed by atoms with van der Waals surface area (Å²) in [7, 11) is 0. The number of aromatic nitrogens is 2. The van der Waals surface area contributed by atoms with E-state index >= 15 is 0 Å².